The van der Waals surface area contributed by atoms with Gasteiger partial charge in [0.2, 0.25) is 5.91 Å². The van der Waals surface area contributed by atoms with Gasteiger partial charge in [-0.05, 0) is 25.7 Å². The van der Waals surface area contributed by atoms with Gasteiger partial charge in [0.05, 0.1) is 0 Å². The second-order valence-electron chi connectivity index (χ2n) is 6.02. The molecule has 130 valence electrons. The lowest BCUT2D eigenvalue weighted by molar-refractivity contribution is -0.138. The molecule has 0 aliphatic heterocycles. The summed E-state index contributed by atoms with van der Waals surface area (Å²) in [5, 5.41) is 11.5. The van der Waals surface area contributed by atoms with Crippen molar-refractivity contribution in [2.75, 3.05) is 6.54 Å². The Kier molecular flexibility index (Phi) is 14.1. The number of carboxylic acids is 1. The van der Waals surface area contributed by atoms with E-state index < -0.39 is 12.0 Å². The van der Waals surface area contributed by atoms with Crippen LogP contribution in [-0.4, -0.2) is 29.6 Å². The average molecular weight is 314 g/mol. The van der Waals surface area contributed by atoms with Crippen LogP contribution in [0.5, 0.6) is 0 Å². The zero-order valence-electron chi connectivity index (χ0n) is 14.1. The van der Waals surface area contributed by atoms with Crippen LogP contribution in [0.3, 0.4) is 0 Å². The molecule has 0 saturated heterocycles. The Morgan fingerprint density at radius 2 is 1.55 bits per heavy atom. The number of carbonyl (C=O) groups excluding carboxylic acids is 1. The Morgan fingerprint density at radius 3 is 2.14 bits per heavy atom. The molecular weight excluding hydrogens is 280 g/mol. The van der Waals surface area contributed by atoms with Gasteiger partial charge >= 0.3 is 5.97 Å². The number of amides is 1. The lowest BCUT2D eigenvalue weighted by atomic mass is 10.1. The molecule has 0 unspecified atom stereocenters. The van der Waals surface area contributed by atoms with Crippen molar-refractivity contribution >= 4 is 11.9 Å². The largest absolute Gasteiger partial charge is 0.480 e. The first-order valence-electron chi connectivity index (χ1n) is 8.83. The number of carboxylic acid groups (broad SMARTS) is 1. The quantitative estimate of drug-likeness (QED) is 0.405. The van der Waals surface area contributed by atoms with Gasteiger partial charge in [-0.25, -0.2) is 0 Å². The third-order valence-electron chi connectivity index (χ3n) is 3.84. The number of nitrogens with two attached hydrogens (primary N) is 1. The monoisotopic (exact) mass is 314 g/mol. The Morgan fingerprint density at radius 1 is 0.955 bits per heavy atom. The number of rotatable bonds is 15. The third-order valence-corrected chi connectivity index (χ3v) is 3.84. The number of unbranched alkanes of at least 4 members (excludes halogenated alkanes) is 8. The van der Waals surface area contributed by atoms with Gasteiger partial charge in [-0.2, -0.15) is 0 Å². The smallest absolute Gasteiger partial charge is 0.320 e. The van der Waals surface area contributed by atoms with Crippen LogP contribution in [0.2, 0.25) is 0 Å². The molecule has 4 N–H and O–H groups in total. The second kappa shape index (κ2) is 14.8. The van der Waals surface area contributed by atoms with E-state index in [4.69, 9.17) is 10.8 Å². The van der Waals surface area contributed by atoms with E-state index in [-0.39, 0.29) is 5.91 Å². The predicted molar refractivity (Wildman–Crippen MR) is 89.7 cm³/mol. The Labute approximate surface area is 135 Å². The topological polar surface area (TPSA) is 92.4 Å². The SMILES string of the molecule is CCCCCCCCCCC(=O)NCCCC[C@H](N)C(=O)O. The van der Waals surface area contributed by atoms with Crippen LogP contribution in [0.15, 0.2) is 0 Å². The highest BCUT2D eigenvalue weighted by Crippen LogP contribution is 2.09. The third kappa shape index (κ3) is 13.9. The molecule has 0 aromatic carbocycles. The highest BCUT2D eigenvalue weighted by molar-refractivity contribution is 5.75. The Balaban J connectivity index is 3.28. The summed E-state index contributed by atoms with van der Waals surface area (Å²) in [6, 6.07) is -0.784. The summed E-state index contributed by atoms with van der Waals surface area (Å²) in [6.07, 6.45) is 12.4. The summed E-state index contributed by atoms with van der Waals surface area (Å²) in [6.45, 7) is 2.83. The van der Waals surface area contributed by atoms with Gasteiger partial charge in [0.25, 0.3) is 0 Å². The van der Waals surface area contributed by atoms with E-state index in [0.717, 1.165) is 25.7 Å². The van der Waals surface area contributed by atoms with Gasteiger partial charge in [0.1, 0.15) is 6.04 Å². The van der Waals surface area contributed by atoms with E-state index in [9.17, 15) is 9.59 Å². The van der Waals surface area contributed by atoms with E-state index in [1.807, 2.05) is 0 Å². The Hall–Kier alpha value is -1.10. The standard InChI is InChI=1S/C17H34N2O3/c1-2-3-4-5-6-7-8-9-13-16(20)19-14-11-10-12-15(18)17(21)22/h15H,2-14,18H2,1H3,(H,19,20)(H,21,22)/t15-/m0/s1. The van der Waals surface area contributed by atoms with E-state index in [1.54, 1.807) is 0 Å². The number of carbonyl (C=O) groups is 2. The van der Waals surface area contributed by atoms with Crippen molar-refractivity contribution < 1.29 is 14.7 Å². The highest BCUT2D eigenvalue weighted by Gasteiger charge is 2.10. The molecule has 22 heavy (non-hydrogen) atoms. The fourth-order valence-corrected chi connectivity index (χ4v) is 2.35. The van der Waals surface area contributed by atoms with Crippen molar-refractivity contribution in [2.24, 2.45) is 5.73 Å². The summed E-state index contributed by atoms with van der Waals surface area (Å²) in [5.41, 5.74) is 5.40. The molecule has 1 atom stereocenters. The maximum Gasteiger partial charge on any atom is 0.320 e. The van der Waals surface area contributed by atoms with Crippen LogP contribution in [0, 0.1) is 0 Å². The fourth-order valence-electron chi connectivity index (χ4n) is 2.35. The minimum absolute atomic E-state index is 0.105. The van der Waals surface area contributed by atoms with Gasteiger partial charge in [-0.15, -0.1) is 0 Å². The van der Waals surface area contributed by atoms with Crippen molar-refractivity contribution in [3.05, 3.63) is 0 Å². The zero-order chi connectivity index (χ0) is 16.6. The van der Waals surface area contributed by atoms with Crippen molar-refractivity contribution in [2.45, 2.75) is 90.0 Å². The molecule has 0 bridgehead atoms. The van der Waals surface area contributed by atoms with Gasteiger partial charge in [-0.3, -0.25) is 9.59 Å². The summed E-state index contributed by atoms with van der Waals surface area (Å²) in [5.74, 6) is -0.854. The van der Waals surface area contributed by atoms with Crippen LogP contribution in [0.1, 0.15) is 84.0 Å². The molecule has 1 amide bonds. The van der Waals surface area contributed by atoms with Crippen LogP contribution >= 0.6 is 0 Å². The van der Waals surface area contributed by atoms with Crippen molar-refractivity contribution in [3.63, 3.8) is 0 Å². The van der Waals surface area contributed by atoms with E-state index in [0.29, 0.717) is 19.4 Å². The highest BCUT2D eigenvalue weighted by atomic mass is 16.4. The molecular formula is C17H34N2O3. The average Bonchev–Trinajstić information content (AvgIpc) is 2.49. The van der Waals surface area contributed by atoms with Gasteiger partial charge in [-0.1, -0.05) is 51.9 Å². The van der Waals surface area contributed by atoms with E-state index in [1.165, 1.54) is 38.5 Å². The molecule has 0 spiro atoms. The summed E-state index contributed by atoms with van der Waals surface area (Å²) in [4.78, 5) is 22.1. The molecule has 0 aliphatic rings. The normalized spacial score (nSPS) is 12.1. The fraction of sp³-hybridized carbons (Fsp3) is 0.882. The van der Waals surface area contributed by atoms with Gasteiger partial charge in [0, 0.05) is 13.0 Å². The first-order chi connectivity index (χ1) is 10.6. The molecule has 0 aromatic heterocycles. The van der Waals surface area contributed by atoms with Gasteiger partial charge < -0.3 is 16.2 Å². The maximum absolute atomic E-state index is 11.6. The molecule has 0 radical (unpaired) electrons. The van der Waals surface area contributed by atoms with Crippen LogP contribution in [0.25, 0.3) is 0 Å². The molecule has 0 aromatic rings. The number of nitrogens with one attached hydrogen (secondary N) is 1. The van der Waals surface area contributed by atoms with Crippen molar-refractivity contribution in [3.8, 4) is 0 Å². The zero-order valence-corrected chi connectivity index (χ0v) is 14.1. The van der Waals surface area contributed by atoms with Gasteiger partial charge in [0.15, 0.2) is 0 Å². The summed E-state index contributed by atoms with van der Waals surface area (Å²) in [7, 11) is 0. The summed E-state index contributed by atoms with van der Waals surface area (Å²) >= 11 is 0. The first kappa shape index (κ1) is 20.9. The molecule has 0 rings (SSSR count). The lowest BCUT2D eigenvalue weighted by Crippen LogP contribution is -2.30. The van der Waals surface area contributed by atoms with E-state index in [2.05, 4.69) is 12.2 Å². The predicted octanol–water partition coefficient (Wildman–Crippen LogP) is 3.22. The van der Waals surface area contributed by atoms with Crippen molar-refractivity contribution in [1.29, 1.82) is 0 Å². The minimum Gasteiger partial charge on any atom is -0.480 e. The maximum atomic E-state index is 11.6. The molecule has 5 heteroatoms. The summed E-state index contributed by atoms with van der Waals surface area (Å²) < 4.78 is 0. The van der Waals surface area contributed by atoms with Crippen LogP contribution in [0.4, 0.5) is 0 Å². The molecule has 0 heterocycles. The number of hydrogen-bond donors (Lipinski definition) is 3. The Bertz CT molecular complexity index is 296. The lowest BCUT2D eigenvalue weighted by Gasteiger charge is -2.07. The van der Waals surface area contributed by atoms with Crippen LogP contribution in [-0.2, 0) is 9.59 Å². The number of hydrogen-bond acceptors (Lipinski definition) is 3. The first-order valence-corrected chi connectivity index (χ1v) is 8.83. The van der Waals surface area contributed by atoms with Crippen molar-refractivity contribution in [1.82, 2.24) is 5.32 Å². The number of aliphatic carboxylic acids is 1. The molecule has 5 nitrogen and oxygen atoms in total. The molecule has 0 aliphatic carbocycles. The molecule has 0 saturated carbocycles. The second-order valence-corrected chi connectivity index (χ2v) is 6.02. The van der Waals surface area contributed by atoms with E-state index >= 15 is 0 Å². The van der Waals surface area contributed by atoms with Crippen LogP contribution < -0.4 is 11.1 Å². The molecule has 0 fully saturated rings. The minimum atomic E-state index is -0.960.